The summed E-state index contributed by atoms with van der Waals surface area (Å²) in [6, 6.07) is 13.1. The van der Waals surface area contributed by atoms with Crippen molar-refractivity contribution in [3.05, 3.63) is 60.3 Å². The van der Waals surface area contributed by atoms with Crippen molar-refractivity contribution in [2.24, 2.45) is 0 Å². The van der Waals surface area contributed by atoms with E-state index >= 15 is 0 Å². The summed E-state index contributed by atoms with van der Waals surface area (Å²) in [5, 5.41) is 10.0. The summed E-state index contributed by atoms with van der Waals surface area (Å²) in [4.78, 5) is 26.3. The summed E-state index contributed by atoms with van der Waals surface area (Å²) >= 11 is 0. The first kappa shape index (κ1) is 18.1. The molecule has 1 unspecified atom stereocenters. The number of nitrogens with zero attached hydrogens (tertiary/aromatic N) is 2. The van der Waals surface area contributed by atoms with Crippen molar-refractivity contribution in [3.63, 3.8) is 0 Å². The van der Waals surface area contributed by atoms with Crippen LogP contribution in [0.25, 0.3) is 10.9 Å². The van der Waals surface area contributed by atoms with E-state index in [1.807, 2.05) is 36.4 Å². The molecule has 2 heterocycles. The molecule has 4 rings (SSSR count). The molecule has 144 valence electrons. The molecule has 2 aromatic carbocycles. The van der Waals surface area contributed by atoms with Crippen molar-refractivity contribution in [2.75, 3.05) is 4.90 Å². The normalized spacial score (nSPS) is 20.0. The molecule has 0 aliphatic carbocycles. The van der Waals surface area contributed by atoms with E-state index in [-0.39, 0.29) is 12.3 Å². The van der Waals surface area contributed by atoms with Gasteiger partial charge in [-0.05, 0) is 23.8 Å². The van der Waals surface area contributed by atoms with Gasteiger partial charge in [0.25, 0.3) is 5.91 Å². The third-order valence-electron chi connectivity index (χ3n) is 4.88. The van der Waals surface area contributed by atoms with Crippen molar-refractivity contribution in [2.45, 2.75) is 31.4 Å². The van der Waals surface area contributed by atoms with Crippen LogP contribution in [0.5, 0.6) is 0 Å². The van der Waals surface area contributed by atoms with Gasteiger partial charge in [-0.25, -0.2) is 0 Å². The summed E-state index contributed by atoms with van der Waals surface area (Å²) in [6.45, 7) is 0.543. The number of anilines is 1. The van der Waals surface area contributed by atoms with Gasteiger partial charge in [-0.15, -0.1) is 0 Å². The third kappa shape index (κ3) is 3.21. The first-order valence-corrected chi connectivity index (χ1v) is 8.83. The van der Waals surface area contributed by atoms with E-state index in [9.17, 15) is 18.4 Å². The second-order valence-corrected chi connectivity index (χ2v) is 6.93. The number of amides is 2. The van der Waals surface area contributed by atoms with Crippen LogP contribution >= 0.6 is 0 Å². The van der Waals surface area contributed by atoms with Crippen molar-refractivity contribution < 1.29 is 18.4 Å². The molecular weight excluding hydrogens is 366 g/mol. The Bertz CT molecular complexity index is 1030. The fraction of sp³-hybridized carbons (Fsp3) is 0.250. The van der Waals surface area contributed by atoms with Gasteiger partial charge in [0.15, 0.2) is 0 Å². The number of carbonyl (C=O) groups excluding carboxylic acids is 2. The highest BCUT2D eigenvalue weighted by Crippen LogP contribution is 2.38. The van der Waals surface area contributed by atoms with Gasteiger partial charge >= 0.3 is 5.92 Å². The van der Waals surface area contributed by atoms with E-state index in [1.165, 1.54) is 0 Å². The second kappa shape index (κ2) is 6.70. The molecule has 6 nitrogen and oxygen atoms in total. The molecule has 2 N–H and O–H groups in total. The van der Waals surface area contributed by atoms with Crippen LogP contribution in [-0.4, -0.2) is 34.0 Å². The van der Waals surface area contributed by atoms with Crippen LogP contribution in [-0.2, 0) is 9.59 Å². The van der Waals surface area contributed by atoms with Crippen LogP contribution in [0.2, 0.25) is 0 Å². The summed E-state index contributed by atoms with van der Waals surface area (Å²) < 4.78 is 26.9. The van der Waals surface area contributed by atoms with E-state index in [0.717, 1.165) is 16.5 Å². The highest BCUT2D eigenvalue weighted by molar-refractivity contribution is 6.00. The molecule has 1 fully saturated rings. The van der Waals surface area contributed by atoms with Crippen LogP contribution in [0.4, 0.5) is 14.5 Å². The number of benzene rings is 2. The number of hydrogen-bond acceptors (Lipinski definition) is 3. The topological polar surface area (TPSA) is 78.1 Å². The van der Waals surface area contributed by atoms with Gasteiger partial charge in [0.1, 0.15) is 0 Å². The molecule has 1 aliphatic heterocycles. The zero-order valence-electron chi connectivity index (χ0n) is 15.0. The molecule has 1 saturated heterocycles. The predicted octanol–water partition coefficient (Wildman–Crippen LogP) is 3.18. The summed E-state index contributed by atoms with van der Waals surface area (Å²) in [5.41, 5.74) is 2.19. The maximum absolute atomic E-state index is 13.4. The smallest absolute Gasteiger partial charge is 0.321 e. The second-order valence-electron chi connectivity index (χ2n) is 6.93. The lowest BCUT2D eigenvalue weighted by molar-refractivity contribution is -0.143. The molecule has 1 aromatic heterocycles. The Morgan fingerprint density at radius 1 is 1.25 bits per heavy atom. The zero-order valence-corrected chi connectivity index (χ0v) is 15.0. The molecule has 2 atom stereocenters. The zero-order chi connectivity index (χ0) is 19.9. The predicted molar refractivity (Wildman–Crippen MR) is 99.9 cm³/mol. The van der Waals surface area contributed by atoms with Gasteiger partial charge in [0.05, 0.1) is 23.8 Å². The summed E-state index contributed by atoms with van der Waals surface area (Å²) in [5.74, 6) is -5.16. The van der Waals surface area contributed by atoms with Gasteiger partial charge in [-0.2, -0.15) is 13.9 Å². The van der Waals surface area contributed by atoms with Crippen LogP contribution < -0.4 is 10.2 Å². The van der Waals surface area contributed by atoms with Crippen LogP contribution in [0.3, 0.4) is 0 Å². The molecule has 0 saturated carbocycles. The third-order valence-corrected chi connectivity index (χ3v) is 4.88. The van der Waals surface area contributed by atoms with Crippen molar-refractivity contribution in [1.82, 2.24) is 15.5 Å². The standard InChI is InChI=1S/C20H18F2N4O2/c1-20(21,22)19(28)24-16-10-17(27)26(18(16)12-5-3-2-4-6-12)14-7-8-15-13(9-14)11-23-25-15/h2-9,11,16,18H,10H2,1H3,(H,23,25)(H,24,28)/t16?,18-/m1/s1. The monoisotopic (exact) mass is 384 g/mol. The Morgan fingerprint density at radius 2 is 2.00 bits per heavy atom. The van der Waals surface area contributed by atoms with Crippen molar-refractivity contribution >= 4 is 28.4 Å². The molecular formula is C20H18F2N4O2. The van der Waals surface area contributed by atoms with Crippen LogP contribution in [0.1, 0.15) is 24.9 Å². The lowest BCUT2D eigenvalue weighted by Gasteiger charge is -2.29. The van der Waals surface area contributed by atoms with Gasteiger partial charge in [-0.3, -0.25) is 14.7 Å². The molecule has 0 radical (unpaired) electrons. The lowest BCUT2D eigenvalue weighted by atomic mass is 9.99. The Hall–Kier alpha value is -3.29. The Balaban J connectivity index is 1.75. The molecule has 8 heteroatoms. The first-order chi connectivity index (χ1) is 13.3. The lowest BCUT2D eigenvalue weighted by Crippen LogP contribution is -2.46. The van der Waals surface area contributed by atoms with Gasteiger partial charge in [0.2, 0.25) is 5.91 Å². The van der Waals surface area contributed by atoms with Crippen molar-refractivity contribution in [3.8, 4) is 0 Å². The van der Waals surface area contributed by atoms with E-state index in [0.29, 0.717) is 12.6 Å². The minimum atomic E-state index is -3.52. The molecule has 2 amide bonds. The molecule has 0 spiro atoms. The number of nitrogens with one attached hydrogen (secondary N) is 2. The SMILES string of the molecule is CC(F)(F)C(=O)NC1CC(=O)N(c2ccc3[nH]ncc3c2)[C@@H]1c1ccccc1. The number of aromatic amines is 1. The largest absolute Gasteiger partial charge is 0.345 e. The highest BCUT2D eigenvalue weighted by Gasteiger charge is 2.45. The summed E-state index contributed by atoms with van der Waals surface area (Å²) in [7, 11) is 0. The number of rotatable bonds is 4. The van der Waals surface area contributed by atoms with E-state index in [1.54, 1.807) is 23.2 Å². The number of H-pyrrole nitrogens is 1. The molecule has 28 heavy (non-hydrogen) atoms. The fourth-order valence-electron chi connectivity index (χ4n) is 3.57. The van der Waals surface area contributed by atoms with E-state index in [2.05, 4.69) is 15.5 Å². The van der Waals surface area contributed by atoms with Gasteiger partial charge in [-0.1, -0.05) is 30.3 Å². The average molecular weight is 384 g/mol. The number of carbonyl (C=O) groups is 2. The maximum Gasteiger partial charge on any atom is 0.321 e. The Labute approximate surface area is 159 Å². The minimum Gasteiger partial charge on any atom is -0.345 e. The molecule has 3 aromatic rings. The number of fused-ring (bicyclic) bond motifs is 1. The van der Waals surface area contributed by atoms with Gasteiger partial charge < -0.3 is 10.2 Å². The number of alkyl halides is 2. The Kier molecular flexibility index (Phi) is 4.33. The highest BCUT2D eigenvalue weighted by atomic mass is 19.3. The van der Waals surface area contributed by atoms with Crippen LogP contribution in [0, 0.1) is 0 Å². The first-order valence-electron chi connectivity index (χ1n) is 8.83. The molecule has 0 bridgehead atoms. The number of hydrogen-bond donors (Lipinski definition) is 2. The number of halogens is 2. The van der Waals surface area contributed by atoms with E-state index in [4.69, 9.17) is 0 Å². The minimum absolute atomic E-state index is 0.0647. The van der Waals surface area contributed by atoms with Crippen LogP contribution in [0.15, 0.2) is 54.7 Å². The maximum atomic E-state index is 13.4. The van der Waals surface area contributed by atoms with E-state index < -0.39 is 23.9 Å². The average Bonchev–Trinajstić information content (AvgIpc) is 3.25. The fourth-order valence-corrected chi connectivity index (χ4v) is 3.57. The summed E-state index contributed by atoms with van der Waals surface area (Å²) in [6.07, 6.45) is 1.58. The van der Waals surface area contributed by atoms with Crippen molar-refractivity contribution in [1.29, 1.82) is 0 Å². The molecule has 1 aliphatic rings. The quantitative estimate of drug-likeness (QED) is 0.725. The van der Waals surface area contributed by atoms with Gasteiger partial charge in [0, 0.05) is 24.4 Å². The number of aromatic nitrogens is 2. The Morgan fingerprint density at radius 3 is 2.71 bits per heavy atom.